The van der Waals surface area contributed by atoms with Crippen LogP contribution in [0.3, 0.4) is 0 Å². The summed E-state index contributed by atoms with van der Waals surface area (Å²) in [7, 11) is 1.51. The minimum atomic E-state index is -0.598. The van der Waals surface area contributed by atoms with Crippen molar-refractivity contribution >= 4 is 17.2 Å². The lowest BCUT2D eigenvalue weighted by molar-refractivity contribution is 0.0587. The molecule has 2 aromatic rings. The van der Waals surface area contributed by atoms with Gasteiger partial charge in [-0.3, -0.25) is 4.79 Å². The summed E-state index contributed by atoms with van der Waals surface area (Å²) >= 11 is 1.36. The molecule has 7 heteroatoms. The lowest BCUT2D eigenvalue weighted by Crippen LogP contribution is -2.28. The van der Waals surface area contributed by atoms with Gasteiger partial charge in [0.05, 0.1) is 17.7 Å². The third-order valence-electron chi connectivity index (χ3n) is 3.15. The number of halogens is 1. The molecule has 1 amide bonds. The number of benzene rings is 1. The van der Waals surface area contributed by atoms with E-state index in [4.69, 9.17) is 4.74 Å². The number of rotatable bonds is 8. The van der Waals surface area contributed by atoms with E-state index in [2.05, 4.69) is 10.3 Å². The highest BCUT2D eigenvalue weighted by Crippen LogP contribution is 2.15. The number of hydrogen-bond donors (Lipinski definition) is 2. The number of aliphatic hydroxyl groups is 1. The molecule has 1 aromatic heterocycles. The SMILES string of the molecule is COCC(O)CCNC(=O)c1csc(Cc2cccc(F)c2)n1. The zero-order valence-corrected chi connectivity index (χ0v) is 13.6. The molecule has 0 fully saturated rings. The van der Waals surface area contributed by atoms with Gasteiger partial charge in [0.1, 0.15) is 11.5 Å². The van der Waals surface area contributed by atoms with Gasteiger partial charge in [-0.1, -0.05) is 12.1 Å². The van der Waals surface area contributed by atoms with Crippen molar-refractivity contribution in [2.24, 2.45) is 0 Å². The van der Waals surface area contributed by atoms with Gasteiger partial charge in [-0.25, -0.2) is 9.37 Å². The molecule has 1 unspecified atom stereocenters. The van der Waals surface area contributed by atoms with Crippen LogP contribution in [0, 0.1) is 5.82 Å². The highest BCUT2D eigenvalue weighted by Gasteiger charge is 2.12. The van der Waals surface area contributed by atoms with Crippen molar-refractivity contribution in [3.05, 3.63) is 51.7 Å². The van der Waals surface area contributed by atoms with Crippen LogP contribution in [0.25, 0.3) is 0 Å². The van der Waals surface area contributed by atoms with Crippen molar-refractivity contribution in [3.8, 4) is 0 Å². The largest absolute Gasteiger partial charge is 0.391 e. The lowest BCUT2D eigenvalue weighted by atomic mass is 10.1. The van der Waals surface area contributed by atoms with Crippen LogP contribution in [0.2, 0.25) is 0 Å². The number of nitrogens with one attached hydrogen (secondary N) is 1. The second-order valence-corrected chi connectivity index (χ2v) is 6.03. The van der Waals surface area contributed by atoms with E-state index in [1.165, 1.54) is 30.6 Å². The Balaban J connectivity index is 1.85. The van der Waals surface area contributed by atoms with Gasteiger partial charge in [0.25, 0.3) is 5.91 Å². The van der Waals surface area contributed by atoms with E-state index < -0.39 is 6.10 Å². The molecule has 1 atom stereocenters. The van der Waals surface area contributed by atoms with Crippen molar-refractivity contribution in [3.63, 3.8) is 0 Å². The first-order valence-electron chi connectivity index (χ1n) is 7.22. The smallest absolute Gasteiger partial charge is 0.270 e. The highest BCUT2D eigenvalue weighted by atomic mass is 32.1. The Labute approximate surface area is 138 Å². The van der Waals surface area contributed by atoms with Crippen LogP contribution in [0.15, 0.2) is 29.6 Å². The number of amides is 1. The molecule has 0 saturated carbocycles. The molecule has 1 heterocycles. The molecular formula is C16H19FN2O3S. The van der Waals surface area contributed by atoms with Gasteiger partial charge < -0.3 is 15.2 Å². The molecule has 2 rings (SSSR count). The molecule has 0 bridgehead atoms. The molecule has 1 aromatic carbocycles. The van der Waals surface area contributed by atoms with Crippen LogP contribution in [-0.4, -0.2) is 42.4 Å². The van der Waals surface area contributed by atoms with Crippen molar-refractivity contribution < 1.29 is 19.0 Å². The first-order valence-corrected chi connectivity index (χ1v) is 8.10. The summed E-state index contributed by atoms with van der Waals surface area (Å²) in [6, 6.07) is 6.32. The Bertz CT molecular complexity index is 648. The van der Waals surface area contributed by atoms with E-state index in [1.807, 2.05) is 6.07 Å². The van der Waals surface area contributed by atoms with Gasteiger partial charge in [-0.15, -0.1) is 11.3 Å². The molecular weight excluding hydrogens is 319 g/mol. The van der Waals surface area contributed by atoms with Crippen molar-refractivity contribution in [2.45, 2.75) is 18.9 Å². The molecule has 124 valence electrons. The minimum Gasteiger partial charge on any atom is -0.391 e. The monoisotopic (exact) mass is 338 g/mol. The van der Waals surface area contributed by atoms with E-state index in [-0.39, 0.29) is 18.3 Å². The molecule has 0 spiro atoms. The molecule has 0 aliphatic carbocycles. The molecule has 0 aliphatic rings. The Hall–Kier alpha value is -1.83. The van der Waals surface area contributed by atoms with Crippen LogP contribution in [0.1, 0.15) is 27.5 Å². The summed E-state index contributed by atoms with van der Waals surface area (Å²) < 4.78 is 18.0. The Morgan fingerprint density at radius 3 is 3.09 bits per heavy atom. The number of aromatic nitrogens is 1. The maximum absolute atomic E-state index is 13.2. The van der Waals surface area contributed by atoms with Crippen molar-refractivity contribution in [2.75, 3.05) is 20.3 Å². The fourth-order valence-electron chi connectivity index (χ4n) is 2.04. The van der Waals surface area contributed by atoms with E-state index >= 15 is 0 Å². The fourth-order valence-corrected chi connectivity index (χ4v) is 2.84. The molecule has 0 saturated heterocycles. The average Bonchev–Trinajstić information content (AvgIpc) is 2.96. The summed E-state index contributed by atoms with van der Waals surface area (Å²) in [4.78, 5) is 16.2. The number of carbonyl (C=O) groups is 1. The Morgan fingerprint density at radius 2 is 2.35 bits per heavy atom. The van der Waals surface area contributed by atoms with Gasteiger partial charge in [0, 0.05) is 25.5 Å². The molecule has 23 heavy (non-hydrogen) atoms. The zero-order valence-electron chi connectivity index (χ0n) is 12.8. The predicted octanol–water partition coefficient (Wildman–Crippen LogP) is 2.00. The van der Waals surface area contributed by atoms with E-state index in [1.54, 1.807) is 11.4 Å². The Kier molecular flexibility index (Phi) is 6.64. The molecule has 0 radical (unpaired) electrons. The van der Waals surface area contributed by atoms with E-state index in [0.29, 0.717) is 25.1 Å². The van der Waals surface area contributed by atoms with Crippen LogP contribution < -0.4 is 5.32 Å². The van der Waals surface area contributed by atoms with Crippen LogP contribution in [-0.2, 0) is 11.2 Å². The summed E-state index contributed by atoms with van der Waals surface area (Å²) in [5.74, 6) is -0.567. The third-order valence-corrected chi connectivity index (χ3v) is 4.00. The topological polar surface area (TPSA) is 71.5 Å². The van der Waals surface area contributed by atoms with E-state index in [0.717, 1.165) is 10.6 Å². The van der Waals surface area contributed by atoms with Gasteiger partial charge >= 0.3 is 0 Å². The first-order chi connectivity index (χ1) is 11.1. The summed E-state index contributed by atoms with van der Waals surface area (Å²) in [5, 5.41) is 14.6. The molecule has 5 nitrogen and oxygen atoms in total. The Morgan fingerprint density at radius 1 is 1.52 bits per heavy atom. The highest BCUT2D eigenvalue weighted by molar-refractivity contribution is 7.09. The van der Waals surface area contributed by atoms with Crippen LogP contribution in [0.5, 0.6) is 0 Å². The van der Waals surface area contributed by atoms with Gasteiger partial charge in [0.15, 0.2) is 0 Å². The maximum Gasteiger partial charge on any atom is 0.270 e. The second-order valence-electron chi connectivity index (χ2n) is 5.09. The minimum absolute atomic E-state index is 0.240. The summed E-state index contributed by atoms with van der Waals surface area (Å²) in [6.45, 7) is 0.588. The number of thiazole rings is 1. The molecule has 2 N–H and O–H groups in total. The third kappa shape index (κ3) is 5.70. The predicted molar refractivity (Wildman–Crippen MR) is 86.2 cm³/mol. The van der Waals surface area contributed by atoms with Crippen molar-refractivity contribution in [1.29, 1.82) is 0 Å². The number of ether oxygens (including phenoxy) is 1. The quantitative estimate of drug-likeness (QED) is 0.772. The zero-order chi connectivity index (χ0) is 16.7. The van der Waals surface area contributed by atoms with Gasteiger partial charge in [0.2, 0.25) is 0 Å². The summed E-state index contributed by atoms with van der Waals surface area (Å²) in [5.41, 5.74) is 1.15. The van der Waals surface area contributed by atoms with Crippen LogP contribution >= 0.6 is 11.3 Å². The number of hydrogen-bond acceptors (Lipinski definition) is 5. The lowest BCUT2D eigenvalue weighted by Gasteiger charge is -2.09. The van der Waals surface area contributed by atoms with E-state index in [9.17, 15) is 14.3 Å². The van der Waals surface area contributed by atoms with Crippen LogP contribution in [0.4, 0.5) is 4.39 Å². The number of methoxy groups -OCH3 is 1. The average molecular weight is 338 g/mol. The maximum atomic E-state index is 13.2. The standard InChI is InChI=1S/C16H19FN2O3S/c1-22-9-13(20)5-6-18-16(21)14-10-23-15(19-14)8-11-3-2-4-12(17)7-11/h2-4,7,10,13,20H,5-6,8-9H2,1H3,(H,18,21). The molecule has 0 aliphatic heterocycles. The number of aliphatic hydroxyl groups excluding tert-OH is 1. The second kappa shape index (κ2) is 8.71. The first kappa shape index (κ1) is 17.5. The number of carbonyl (C=O) groups excluding carboxylic acids is 1. The van der Waals surface area contributed by atoms with Gasteiger partial charge in [-0.05, 0) is 24.1 Å². The number of nitrogens with zero attached hydrogens (tertiary/aromatic N) is 1. The van der Waals surface area contributed by atoms with Crippen molar-refractivity contribution in [1.82, 2.24) is 10.3 Å². The normalized spacial score (nSPS) is 12.1. The van der Waals surface area contributed by atoms with Gasteiger partial charge in [-0.2, -0.15) is 0 Å². The summed E-state index contributed by atoms with van der Waals surface area (Å²) in [6.07, 6.45) is 0.307. The fraction of sp³-hybridized carbons (Fsp3) is 0.375.